The van der Waals surface area contributed by atoms with Crippen molar-refractivity contribution in [3.8, 4) is 0 Å². The lowest BCUT2D eigenvalue weighted by atomic mass is 10.0. The maximum absolute atomic E-state index is 13.1. The fourth-order valence-corrected chi connectivity index (χ4v) is 3.65. The molecule has 3 rings (SSSR count). The SMILES string of the molecule is Cc1nn(C)c(C)c1CCC(=O)N1CCC[C@H]1c1ccc(F)cc1. The summed E-state index contributed by atoms with van der Waals surface area (Å²) < 4.78 is 15.0. The standard InChI is InChI=1S/C19H24FN3O/c1-13-17(14(2)22(3)21-13)10-11-19(24)23-12-4-5-18(23)15-6-8-16(20)9-7-15/h6-9,18H,4-5,10-12H2,1-3H3/t18-/m0/s1. The van der Waals surface area contributed by atoms with Crippen molar-refractivity contribution in [1.29, 1.82) is 0 Å². The summed E-state index contributed by atoms with van der Waals surface area (Å²) in [7, 11) is 1.93. The zero-order chi connectivity index (χ0) is 17.3. The van der Waals surface area contributed by atoms with Gasteiger partial charge in [0.25, 0.3) is 0 Å². The molecule has 1 aliphatic rings. The Balaban J connectivity index is 1.68. The van der Waals surface area contributed by atoms with Gasteiger partial charge in [0.2, 0.25) is 5.91 Å². The van der Waals surface area contributed by atoms with Gasteiger partial charge in [-0.2, -0.15) is 5.10 Å². The number of benzene rings is 1. The van der Waals surface area contributed by atoms with E-state index in [1.165, 1.54) is 17.7 Å². The van der Waals surface area contributed by atoms with Crippen molar-refractivity contribution in [2.75, 3.05) is 6.54 Å². The second-order valence-electron chi connectivity index (χ2n) is 6.57. The number of aromatic nitrogens is 2. The number of amides is 1. The Morgan fingerprint density at radius 3 is 2.62 bits per heavy atom. The molecule has 5 heteroatoms. The van der Waals surface area contributed by atoms with Crippen LogP contribution >= 0.6 is 0 Å². The molecule has 1 amide bonds. The van der Waals surface area contributed by atoms with Gasteiger partial charge < -0.3 is 4.90 Å². The van der Waals surface area contributed by atoms with Crippen LogP contribution in [0.1, 0.15) is 47.8 Å². The fraction of sp³-hybridized carbons (Fsp3) is 0.474. The second-order valence-corrected chi connectivity index (χ2v) is 6.57. The number of rotatable bonds is 4. The highest BCUT2D eigenvalue weighted by Gasteiger charge is 2.29. The Bertz CT molecular complexity index is 736. The maximum atomic E-state index is 13.1. The van der Waals surface area contributed by atoms with E-state index in [1.807, 2.05) is 30.5 Å². The predicted molar refractivity (Wildman–Crippen MR) is 91.1 cm³/mol. The van der Waals surface area contributed by atoms with E-state index >= 15 is 0 Å². The highest BCUT2D eigenvalue weighted by Crippen LogP contribution is 2.32. The van der Waals surface area contributed by atoms with E-state index in [0.29, 0.717) is 6.42 Å². The molecule has 0 bridgehead atoms. The number of carbonyl (C=O) groups excluding carboxylic acids is 1. The fourth-order valence-electron chi connectivity index (χ4n) is 3.65. The van der Waals surface area contributed by atoms with Crippen LogP contribution in [0.2, 0.25) is 0 Å². The Kier molecular flexibility index (Phi) is 4.69. The van der Waals surface area contributed by atoms with Crippen LogP contribution in [0.25, 0.3) is 0 Å². The molecular formula is C19H24FN3O. The van der Waals surface area contributed by atoms with Crippen molar-refractivity contribution < 1.29 is 9.18 Å². The number of aryl methyl sites for hydroxylation is 2. The van der Waals surface area contributed by atoms with Crippen LogP contribution in [0.15, 0.2) is 24.3 Å². The van der Waals surface area contributed by atoms with Gasteiger partial charge in [0.05, 0.1) is 11.7 Å². The van der Waals surface area contributed by atoms with Crippen LogP contribution in [-0.4, -0.2) is 27.1 Å². The van der Waals surface area contributed by atoms with Gasteiger partial charge in [-0.05, 0) is 56.4 Å². The molecule has 1 saturated heterocycles. The van der Waals surface area contributed by atoms with Crippen LogP contribution in [-0.2, 0) is 18.3 Å². The Morgan fingerprint density at radius 1 is 1.29 bits per heavy atom. The molecule has 1 aromatic heterocycles. The highest BCUT2D eigenvalue weighted by atomic mass is 19.1. The lowest BCUT2D eigenvalue weighted by molar-refractivity contribution is -0.132. The van der Waals surface area contributed by atoms with Crippen molar-refractivity contribution in [2.24, 2.45) is 7.05 Å². The minimum atomic E-state index is -0.239. The van der Waals surface area contributed by atoms with Crippen molar-refractivity contribution in [3.63, 3.8) is 0 Å². The van der Waals surface area contributed by atoms with E-state index in [4.69, 9.17) is 0 Å². The lowest BCUT2D eigenvalue weighted by Gasteiger charge is -2.25. The van der Waals surface area contributed by atoms with E-state index in [2.05, 4.69) is 5.10 Å². The highest BCUT2D eigenvalue weighted by molar-refractivity contribution is 5.77. The summed E-state index contributed by atoms with van der Waals surface area (Å²) in [6.07, 6.45) is 3.16. The second kappa shape index (κ2) is 6.75. The Hall–Kier alpha value is -2.17. The molecule has 2 aromatic rings. The molecule has 1 atom stereocenters. The van der Waals surface area contributed by atoms with Crippen LogP contribution < -0.4 is 0 Å². The molecule has 1 aliphatic heterocycles. The monoisotopic (exact) mass is 329 g/mol. The minimum absolute atomic E-state index is 0.0780. The molecule has 2 heterocycles. The molecule has 1 fully saturated rings. The largest absolute Gasteiger partial charge is 0.336 e. The third kappa shape index (κ3) is 3.21. The molecule has 0 spiro atoms. The first-order valence-electron chi connectivity index (χ1n) is 8.51. The van der Waals surface area contributed by atoms with Gasteiger partial charge in [0, 0.05) is 25.7 Å². The minimum Gasteiger partial charge on any atom is -0.336 e. The first-order chi connectivity index (χ1) is 11.5. The summed E-state index contributed by atoms with van der Waals surface area (Å²) in [4.78, 5) is 14.7. The van der Waals surface area contributed by atoms with Crippen LogP contribution in [0.4, 0.5) is 4.39 Å². The summed E-state index contributed by atoms with van der Waals surface area (Å²) in [6, 6.07) is 6.61. The van der Waals surface area contributed by atoms with E-state index in [9.17, 15) is 9.18 Å². The lowest BCUT2D eigenvalue weighted by Crippen LogP contribution is -2.30. The molecule has 0 N–H and O–H groups in total. The topological polar surface area (TPSA) is 38.1 Å². The van der Waals surface area contributed by atoms with Crippen molar-refractivity contribution in [1.82, 2.24) is 14.7 Å². The third-order valence-corrected chi connectivity index (χ3v) is 5.08. The summed E-state index contributed by atoms with van der Waals surface area (Å²) in [5, 5.41) is 4.41. The number of carbonyl (C=O) groups is 1. The average molecular weight is 329 g/mol. The van der Waals surface area contributed by atoms with Crippen LogP contribution in [0.5, 0.6) is 0 Å². The van der Waals surface area contributed by atoms with Gasteiger partial charge >= 0.3 is 0 Å². The number of likely N-dealkylation sites (tertiary alicyclic amines) is 1. The first kappa shape index (κ1) is 16.7. The zero-order valence-electron chi connectivity index (χ0n) is 14.6. The van der Waals surface area contributed by atoms with E-state index in [-0.39, 0.29) is 17.8 Å². The van der Waals surface area contributed by atoms with Gasteiger partial charge in [-0.15, -0.1) is 0 Å². The summed E-state index contributed by atoms with van der Waals surface area (Å²) in [5.74, 6) is -0.0679. The zero-order valence-corrected chi connectivity index (χ0v) is 14.6. The van der Waals surface area contributed by atoms with E-state index in [1.54, 1.807) is 12.1 Å². The van der Waals surface area contributed by atoms with Gasteiger partial charge in [0.1, 0.15) is 5.82 Å². The molecule has 1 aromatic carbocycles. The van der Waals surface area contributed by atoms with Crippen molar-refractivity contribution in [2.45, 2.75) is 45.6 Å². The maximum Gasteiger partial charge on any atom is 0.223 e. The van der Waals surface area contributed by atoms with Gasteiger partial charge in [0.15, 0.2) is 0 Å². The Morgan fingerprint density at radius 2 is 2.00 bits per heavy atom. The Labute approximate surface area is 142 Å². The molecule has 0 aliphatic carbocycles. The molecule has 128 valence electrons. The van der Waals surface area contributed by atoms with E-state index in [0.717, 1.165) is 42.8 Å². The smallest absolute Gasteiger partial charge is 0.223 e. The normalized spacial score (nSPS) is 17.5. The molecule has 0 unspecified atom stereocenters. The summed E-state index contributed by atoms with van der Waals surface area (Å²) in [6.45, 7) is 4.81. The quantitative estimate of drug-likeness (QED) is 0.861. The number of hydrogen-bond donors (Lipinski definition) is 0. The van der Waals surface area contributed by atoms with Crippen molar-refractivity contribution >= 4 is 5.91 Å². The van der Waals surface area contributed by atoms with E-state index < -0.39 is 0 Å². The van der Waals surface area contributed by atoms with Crippen molar-refractivity contribution in [3.05, 3.63) is 52.6 Å². The third-order valence-electron chi connectivity index (χ3n) is 5.08. The number of halogens is 1. The molecule has 0 radical (unpaired) electrons. The number of nitrogens with zero attached hydrogens (tertiary/aromatic N) is 3. The van der Waals surface area contributed by atoms with Gasteiger partial charge in [-0.25, -0.2) is 4.39 Å². The van der Waals surface area contributed by atoms with Crippen LogP contribution in [0, 0.1) is 19.7 Å². The molecule has 24 heavy (non-hydrogen) atoms. The summed E-state index contributed by atoms with van der Waals surface area (Å²) >= 11 is 0. The molecule has 4 nitrogen and oxygen atoms in total. The average Bonchev–Trinajstić information content (AvgIpc) is 3.13. The van der Waals surface area contributed by atoms with Gasteiger partial charge in [-0.1, -0.05) is 12.1 Å². The van der Waals surface area contributed by atoms with Gasteiger partial charge in [-0.3, -0.25) is 9.48 Å². The molecule has 0 saturated carbocycles. The summed E-state index contributed by atoms with van der Waals surface area (Å²) in [5.41, 5.74) is 4.32. The predicted octanol–water partition coefficient (Wildman–Crippen LogP) is 3.47. The first-order valence-corrected chi connectivity index (χ1v) is 8.51. The number of hydrogen-bond acceptors (Lipinski definition) is 2. The molecular weight excluding hydrogens is 305 g/mol. The van der Waals surface area contributed by atoms with Crippen LogP contribution in [0.3, 0.4) is 0 Å².